The lowest BCUT2D eigenvalue weighted by Gasteiger charge is -2.41. The summed E-state index contributed by atoms with van der Waals surface area (Å²) in [5.74, 6) is 0.483. The lowest BCUT2D eigenvalue weighted by molar-refractivity contribution is 0.216. The van der Waals surface area contributed by atoms with Crippen LogP contribution in [-0.4, -0.2) is 34.8 Å². The Hall–Kier alpha value is -0.400. The van der Waals surface area contributed by atoms with Gasteiger partial charge in [0.05, 0.1) is 3.79 Å². The van der Waals surface area contributed by atoms with Crippen molar-refractivity contribution in [1.29, 1.82) is 0 Å². The minimum Gasteiger partial charge on any atom is -0.337 e. The first-order chi connectivity index (χ1) is 9.91. The molecule has 2 amide bonds. The van der Waals surface area contributed by atoms with E-state index in [9.17, 15) is 9.00 Å². The fourth-order valence-corrected chi connectivity index (χ4v) is 5.05. The number of hydrogen-bond donors (Lipinski definition) is 2. The van der Waals surface area contributed by atoms with Crippen LogP contribution in [0.15, 0.2) is 15.9 Å². The van der Waals surface area contributed by atoms with E-state index in [-0.39, 0.29) is 17.5 Å². The van der Waals surface area contributed by atoms with Crippen molar-refractivity contribution in [1.82, 2.24) is 10.6 Å². The monoisotopic (exact) mass is 392 g/mol. The molecule has 1 aliphatic carbocycles. The molecule has 1 aromatic rings. The van der Waals surface area contributed by atoms with E-state index in [1.807, 2.05) is 6.92 Å². The van der Waals surface area contributed by atoms with Crippen LogP contribution in [0.25, 0.3) is 0 Å². The van der Waals surface area contributed by atoms with Crippen molar-refractivity contribution in [3.05, 3.63) is 20.8 Å². The molecule has 4 nitrogen and oxygen atoms in total. The van der Waals surface area contributed by atoms with Gasteiger partial charge < -0.3 is 10.6 Å². The third-order valence-electron chi connectivity index (χ3n) is 3.86. The first-order valence-corrected chi connectivity index (χ1v) is 10.4. The zero-order valence-electron chi connectivity index (χ0n) is 12.3. The number of rotatable bonds is 6. The van der Waals surface area contributed by atoms with E-state index < -0.39 is 10.8 Å². The first-order valence-electron chi connectivity index (χ1n) is 7.01. The van der Waals surface area contributed by atoms with E-state index in [4.69, 9.17) is 0 Å². The van der Waals surface area contributed by atoms with Gasteiger partial charge in [0.15, 0.2) is 0 Å². The Morgan fingerprint density at radius 3 is 2.71 bits per heavy atom. The Balaban J connectivity index is 1.86. The molecule has 1 aliphatic rings. The molecule has 1 fully saturated rings. The summed E-state index contributed by atoms with van der Waals surface area (Å²) in [7, 11) is -0.897. The van der Waals surface area contributed by atoms with E-state index in [0.29, 0.717) is 12.3 Å². The summed E-state index contributed by atoms with van der Waals surface area (Å²) in [6.45, 7) is 2.53. The van der Waals surface area contributed by atoms with Gasteiger partial charge in [0.2, 0.25) is 0 Å². The summed E-state index contributed by atoms with van der Waals surface area (Å²) < 4.78 is 12.3. The topological polar surface area (TPSA) is 58.2 Å². The Morgan fingerprint density at radius 2 is 2.24 bits per heavy atom. The van der Waals surface area contributed by atoms with Crippen molar-refractivity contribution in [3.63, 3.8) is 0 Å². The van der Waals surface area contributed by atoms with Crippen molar-refractivity contribution in [2.24, 2.45) is 0 Å². The number of carbonyl (C=O) groups is 1. The van der Waals surface area contributed by atoms with Gasteiger partial charge in [-0.2, -0.15) is 0 Å². The highest BCUT2D eigenvalue weighted by atomic mass is 79.9. The number of thiophene rings is 1. The van der Waals surface area contributed by atoms with Crippen LogP contribution in [0, 0.1) is 0 Å². The lowest BCUT2D eigenvalue weighted by Crippen LogP contribution is -2.50. The van der Waals surface area contributed by atoms with Crippen LogP contribution in [0.1, 0.15) is 31.1 Å². The predicted molar refractivity (Wildman–Crippen MR) is 92.5 cm³/mol. The maximum absolute atomic E-state index is 11.9. The third kappa shape index (κ3) is 4.53. The Bertz CT molecular complexity index is 529. The predicted octanol–water partition coefficient (Wildman–Crippen LogP) is 3.00. The molecule has 2 atom stereocenters. The summed E-state index contributed by atoms with van der Waals surface area (Å²) in [5, 5.41) is 5.82. The second-order valence-electron chi connectivity index (χ2n) is 5.71. The normalized spacial score (nSPS) is 19.4. The van der Waals surface area contributed by atoms with Crippen LogP contribution < -0.4 is 10.6 Å². The molecule has 2 unspecified atom stereocenters. The van der Waals surface area contributed by atoms with Gasteiger partial charge in [-0.25, -0.2) is 4.79 Å². The van der Waals surface area contributed by atoms with E-state index in [1.54, 1.807) is 17.6 Å². The van der Waals surface area contributed by atoms with Crippen molar-refractivity contribution in [2.75, 3.05) is 18.6 Å². The number of halogens is 1. The molecule has 1 aromatic heterocycles. The van der Waals surface area contributed by atoms with Crippen LogP contribution in [0.3, 0.4) is 0 Å². The molecule has 1 heterocycles. The van der Waals surface area contributed by atoms with Gasteiger partial charge in [0.25, 0.3) is 0 Å². The molecule has 2 N–H and O–H groups in total. The summed E-state index contributed by atoms with van der Waals surface area (Å²) in [5.41, 5.74) is 0.102. The van der Waals surface area contributed by atoms with Gasteiger partial charge in [-0.05, 0) is 47.8 Å². The summed E-state index contributed by atoms with van der Waals surface area (Å²) in [6.07, 6.45) is 5.10. The van der Waals surface area contributed by atoms with E-state index in [0.717, 1.165) is 16.6 Å². The molecule has 1 saturated carbocycles. The number of nitrogens with one attached hydrogen (secondary N) is 2. The van der Waals surface area contributed by atoms with Gasteiger partial charge in [-0.1, -0.05) is 6.42 Å². The van der Waals surface area contributed by atoms with Crippen molar-refractivity contribution < 1.29 is 9.00 Å². The van der Waals surface area contributed by atoms with Gasteiger partial charge in [-0.3, -0.25) is 4.21 Å². The molecule has 0 saturated heterocycles. The van der Waals surface area contributed by atoms with Crippen LogP contribution in [0.5, 0.6) is 0 Å². The molecule has 0 aliphatic heterocycles. The Labute approximate surface area is 140 Å². The van der Waals surface area contributed by atoms with Crippen molar-refractivity contribution in [3.8, 4) is 0 Å². The van der Waals surface area contributed by atoms with Gasteiger partial charge in [0, 0.05) is 45.7 Å². The maximum Gasteiger partial charge on any atom is 0.315 e. The molecule has 21 heavy (non-hydrogen) atoms. The number of urea groups is 1. The largest absolute Gasteiger partial charge is 0.337 e. The van der Waals surface area contributed by atoms with Gasteiger partial charge in [0.1, 0.15) is 0 Å². The minimum atomic E-state index is -0.897. The smallest absolute Gasteiger partial charge is 0.315 e. The van der Waals surface area contributed by atoms with Gasteiger partial charge in [-0.15, -0.1) is 11.3 Å². The molecule has 118 valence electrons. The van der Waals surface area contributed by atoms with E-state index in [2.05, 4.69) is 38.7 Å². The average molecular weight is 393 g/mol. The molecule has 2 rings (SSSR count). The molecule has 0 aromatic carbocycles. The third-order valence-corrected chi connectivity index (χ3v) is 6.70. The molecule has 0 bridgehead atoms. The Kier molecular flexibility index (Phi) is 5.85. The first kappa shape index (κ1) is 17.0. The number of carbonyl (C=O) groups excluding carboxylic acids is 1. The quantitative estimate of drug-likeness (QED) is 0.781. The van der Waals surface area contributed by atoms with Crippen LogP contribution in [0.2, 0.25) is 0 Å². The fraction of sp³-hybridized carbons (Fsp3) is 0.643. The maximum atomic E-state index is 11.9. The summed E-state index contributed by atoms with van der Waals surface area (Å²) >= 11 is 5.25. The number of hydrogen-bond acceptors (Lipinski definition) is 3. The number of amides is 2. The van der Waals surface area contributed by atoms with Crippen LogP contribution >= 0.6 is 27.3 Å². The second-order valence-corrected chi connectivity index (χ2v) is 9.65. The molecule has 0 radical (unpaired) electrons. The highest BCUT2D eigenvalue weighted by molar-refractivity contribution is 9.11. The van der Waals surface area contributed by atoms with E-state index in [1.165, 1.54) is 11.3 Å². The molecule has 0 spiro atoms. The lowest BCUT2D eigenvalue weighted by atomic mass is 9.68. The molecular formula is C14H21BrN2O2S2. The highest BCUT2D eigenvalue weighted by Crippen LogP contribution is 2.46. The zero-order valence-corrected chi connectivity index (χ0v) is 15.5. The van der Waals surface area contributed by atoms with Crippen LogP contribution in [0.4, 0.5) is 4.79 Å². The minimum absolute atomic E-state index is 0.0796. The fourth-order valence-electron chi connectivity index (χ4n) is 2.63. The standard InChI is InChI=1S/C14H21BrN2O2S2/c1-10(8-21(2)19)17-13(18)16-9-14(6-3-7-14)11-4-5-12(15)20-11/h4-5,10H,3,6-9H2,1-2H3,(H2,16,17,18). The average Bonchev–Trinajstić information content (AvgIpc) is 2.73. The summed E-state index contributed by atoms with van der Waals surface area (Å²) in [6, 6.07) is 3.97. The molecule has 7 heteroatoms. The second kappa shape index (κ2) is 7.24. The van der Waals surface area contributed by atoms with Crippen molar-refractivity contribution >= 4 is 44.1 Å². The van der Waals surface area contributed by atoms with E-state index >= 15 is 0 Å². The van der Waals surface area contributed by atoms with Gasteiger partial charge >= 0.3 is 6.03 Å². The van der Waals surface area contributed by atoms with Crippen LogP contribution in [-0.2, 0) is 16.2 Å². The highest BCUT2D eigenvalue weighted by Gasteiger charge is 2.40. The zero-order chi connectivity index (χ0) is 15.5. The SMILES string of the molecule is CC(CS(C)=O)NC(=O)NCC1(c2ccc(Br)s2)CCC1. The van der Waals surface area contributed by atoms with Crippen molar-refractivity contribution in [2.45, 2.75) is 37.6 Å². The molecular weight excluding hydrogens is 372 g/mol. The summed E-state index contributed by atoms with van der Waals surface area (Å²) in [4.78, 5) is 13.3. The Morgan fingerprint density at radius 1 is 1.52 bits per heavy atom.